The summed E-state index contributed by atoms with van der Waals surface area (Å²) in [5, 5.41) is 8.98. The van der Waals surface area contributed by atoms with Gasteiger partial charge in [-0.15, -0.1) is 0 Å². The van der Waals surface area contributed by atoms with Crippen molar-refractivity contribution in [1.82, 2.24) is 24.3 Å². The molecule has 1 aromatic carbocycles. The average Bonchev–Trinajstić information content (AvgIpc) is 3.46. The molecule has 148 valence electrons. The molecule has 0 N–H and O–H groups in total. The number of nitrogens with zero attached hydrogens (tertiary/aromatic N) is 5. The van der Waals surface area contributed by atoms with Crippen LogP contribution in [0.2, 0.25) is 0 Å². The Morgan fingerprint density at radius 1 is 1.10 bits per heavy atom. The van der Waals surface area contributed by atoms with Crippen molar-refractivity contribution in [1.29, 1.82) is 0 Å². The fraction of sp³-hybridized carbons (Fsp3) is 0.304. The maximum absolute atomic E-state index is 6.30. The number of fused-ring (bicyclic) bond motifs is 1. The van der Waals surface area contributed by atoms with Crippen molar-refractivity contribution < 1.29 is 4.74 Å². The molecule has 1 atom stereocenters. The van der Waals surface area contributed by atoms with E-state index in [2.05, 4.69) is 58.5 Å². The molecule has 0 spiro atoms. The second-order valence-electron chi connectivity index (χ2n) is 7.84. The summed E-state index contributed by atoms with van der Waals surface area (Å²) in [6, 6.07) is 16.6. The summed E-state index contributed by atoms with van der Waals surface area (Å²) >= 11 is 0. The summed E-state index contributed by atoms with van der Waals surface area (Å²) in [4.78, 5) is 2.36. The van der Waals surface area contributed by atoms with Crippen molar-refractivity contribution in [3.8, 4) is 17.0 Å². The van der Waals surface area contributed by atoms with Crippen LogP contribution in [0, 0.1) is 5.92 Å². The third-order valence-electron chi connectivity index (χ3n) is 5.62. The van der Waals surface area contributed by atoms with Gasteiger partial charge in [-0.3, -0.25) is 4.68 Å². The van der Waals surface area contributed by atoms with E-state index >= 15 is 0 Å². The molecule has 0 aliphatic carbocycles. The fourth-order valence-electron chi connectivity index (χ4n) is 4.08. The molecule has 0 saturated carbocycles. The number of hydrogen-bond acceptors (Lipinski definition) is 4. The van der Waals surface area contributed by atoms with Crippen molar-refractivity contribution in [2.24, 2.45) is 5.92 Å². The van der Waals surface area contributed by atoms with Gasteiger partial charge in [0.2, 0.25) is 0 Å². The zero-order chi connectivity index (χ0) is 19.6. The Morgan fingerprint density at radius 3 is 2.83 bits per heavy atom. The summed E-state index contributed by atoms with van der Waals surface area (Å²) < 4.78 is 10.2. The molecule has 1 aliphatic heterocycles. The van der Waals surface area contributed by atoms with Crippen LogP contribution in [0.5, 0.6) is 5.75 Å². The highest BCUT2D eigenvalue weighted by Crippen LogP contribution is 2.32. The Kier molecular flexibility index (Phi) is 4.77. The van der Waals surface area contributed by atoms with Crippen LogP contribution in [0.15, 0.2) is 67.1 Å². The van der Waals surface area contributed by atoms with Gasteiger partial charge in [0.05, 0.1) is 24.9 Å². The van der Waals surface area contributed by atoms with Crippen LogP contribution in [-0.4, -0.2) is 51.0 Å². The minimum atomic E-state index is 0.572. The summed E-state index contributed by atoms with van der Waals surface area (Å²) in [5.74, 6) is 1.42. The molecule has 5 rings (SSSR count). The number of pyridine rings is 1. The lowest BCUT2D eigenvalue weighted by atomic mass is 10.1. The molecule has 0 bridgehead atoms. The third-order valence-corrected chi connectivity index (χ3v) is 5.62. The van der Waals surface area contributed by atoms with E-state index < -0.39 is 0 Å². The van der Waals surface area contributed by atoms with Gasteiger partial charge >= 0.3 is 0 Å². The van der Waals surface area contributed by atoms with Crippen LogP contribution in [0.1, 0.15) is 12.0 Å². The predicted octanol–water partition coefficient (Wildman–Crippen LogP) is 3.58. The van der Waals surface area contributed by atoms with E-state index in [4.69, 9.17) is 4.74 Å². The predicted molar refractivity (Wildman–Crippen MR) is 113 cm³/mol. The van der Waals surface area contributed by atoms with E-state index in [-0.39, 0.29) is 0 Å². The maximum Gasteiger partial charge on any atom is 0.165 e. The quantitative estimate of drug-likeness (QED) is 0.507. The van der Waals surface area contributed by atoms with E-state index in [1.165, 1.54) is 12.0 Å². The van der Waals surface area contributed by atoms with Crippen LogP contribution in [-0.2, 0) is 6.54 Å². The number of benzene rings is 1. The van der Waals surface area contributed by atoms with Crippen molar-refractivity contribution in [2.45, 2.75) is 13.0 Å². The highest BCUT2D eigenvalue weighted by Gasteiger charge is 2.22. The van der Waals surface area contributed by atoms with Gasteiger partial charge in [0.25, 0.3) is 0 Å². The highest BCUT2D eigenvalue weighted by molar-refractivity contribution is 5.70. The van der Waals surface area contributed by atoms with Crippen molar-refractivity contribution >= 4 is 5.52 Å². The Morgan fingerprint density at radius 2 is 2.00 bits per heavy atom. The molecule has 0 amide bonds. The number of aromatic nitrogens is 4. The van der Waals surface area contributed by atoms with Crippen molar-refractivity contribution in [3.05, 3.63) is 72.7 Å². The highest BCUT2D eigenvalue weighted by atomic mass is 16.5. The normalized spacial score (nSPS) is 17.2. The molecular formula is C23H25N5O. The molecule has 0 unspecified atom stereocenters. The maximum atomic E-state index is 6.30. The van der Waals surface area contributed by atoms with Crippen molar-refractivity contribution in [3.63, 3.8) is 0 Å². The molecule has 4 heterocycles. The van der Waals surface area contributed by atoms with Crippen LogP contribution >= 0.6 is 0 Å². The first-order valence-corrected chi connectivity index (χ1v) is 10.1. The first kappa shape index (κ1) is 17.9. The minimum absolute atomic E-state index is 0.572. The van der Waals surface area contributed by atoms with Crippen LogP contribution < -0.4 is 4.74 Å². The summed E-state index contributed by atoms with van der Waals surface area (Å²) in [5.41, 5.74) is 4.37. The fourth-order valence-corrected chi connectivity index (χ4v) is 4.08. The summed E-state index contributed by atoms with van der Waals surface area (Å²) in [6.07, 6.45) is 6.85. The standard InChI is InChI=1S/C23H25N5O/c1-26-11-8-19(15-26)17-29-22-14-25-28(16-18-5-3-2-4-6-18)23(22)20-9-12-27-21(13-20)7-10-24-27/h2-7,9-10,12-14,19H,8,11,15-17H2,1H3/t19-/m1/s1. The summed E-state index contributed by atoms with van der Waals surface area (Å²) in [7, 11) is 2.17. The monoisotopic (exact) mass is 387 g/mol. The lowest BCUT2D eigenvalue weighted by Crippen LogP contribution is -2.18. The third kappa shape index (κ3) is 3.76. The average molecular weight is 387 g/mol. The number of ether oxygens (including phenoxy) is 1. The Balaban J connectivity index is 1.48. The number of hydrogen-bond donors (Lipinski definition) is 0. The topological polar surface area (TPSA) is 47.6 Å². The molecule has 6 nitrogen and oxygen atoms in total. The first-order chi connectivity index (χ1) is 14.3. The molecule has 6 heteroatoms. The van der Waals surface area contributed by atoms with Gasteiger partial charge in [0.1, 0.15) is 5.69 Å². The van der Waals surface area contributed by atoms with Gasteiger partial charge in [-0.25, -0.2) is 4.52 Å². The molecule has 0 radical (unpaired) electrons. The number of rotatable bonds is 6. The summed E-state index contributed by atoms with van der Waals surface area (Å²) in [6.45, 7) is 3.67. The Hall–Kier alpha value is -3.12. The second-order valence-corrected chi connectivity index (χ2v) is 7.84. The molecule has 3 aromatic heterocycles. The van der Waals surface area contributed by atoms with Gasteiger partial charge in [-0.2, -0.15) is 10.2 Å². The van der Waals surface area contributed by atoms with Crippen LogP contribution in [0.3, 0.4) is 0 Å². The molecule has 4 aromatic rings. The molecule has 29 heavy (non-hydrogen) atoms. The van der Waals surface area contributed by atoms with Gasteiger partial charge in [0.15, 0.2) is 5.75 Å². The van der Waals surface area contributed by atoms with Gasteiger partial charge < -0.3 is 9.64 Å². The molecular weight excluding hydrogens is 362 g/mol. The zero-order valence-electron chi connectivity index (χ0n) is 16.6. The lowest BCUT2D eigenvalue weighted by molar-refractivity contribution is 0.249. The van der Waals surface area contributed by atoms with Crippen LogP contribution in [0.25, 0.3) is 16.8 Å². The van der Waals surface area contributed by atoms with E-state index in [9.17, 15) is 0 Å². The van der Waals surface area contributed by atoms with E-state index in [0.717, 1.165) is 42.2 Å². The minimum Gasteiger partial charge on any atom is -0.489 e. The first-order valence-electron chi connectivity index (χ1n) is 10.1. The Labute approximate surface area is 170 Å². The van der Waals surface area contributed by atoms with E-state index in [1.807, 2.05) is 39.9 Å². The number of likely N-dealkylation sites (tertiary alicyclic amines) is 1. The Bertz CT molecular complexity index is 1100. The largest absolute Gasteiger partial charge is 0.489 e. The SMILES string of the molecule is CN1CC[C@@H](COc2cnn(Cc3ccccc3)c2-c2ccn3nccc3c2)C1. The zero-order valence-corrected chi connectivity index (χ0v) is 16.6. The smallest absolute Gasteiger partial charge is 0.165 e. The van der Waals surface area contributed by atoms with Gasteiger partial charge in [-0.05, 0) is 43.8 Å². The van der Waals surface area contributed by atoms with E-state index in [1.54, 1.807) is 0 Å². The second kappa shape index (κ2) is 7.72. The van der Waals surface area contributed by atoms with Crippen molar-refractivity contribution in [2.75, 3.05) is 26.7 Å². The van der Waals surface area contributed by atoms with Crippen LogP contribution in [0.4, 0.5) is 0 Å². The molecule has 1 saturated heterocycles. The van der Waals surface area contributed by atoms with Gasteiger partial charge in [-0.1, -0.05) is 30.3 Å². The lowest BCUT2D eigenvalue weighted by Gasteiger charge is -2.14. The van der Waals surface area contributed by atoms with E-state index in [0.29, 0.717) is 12.5 Å². The molecule has 1 fully saturated rings. The van der Waals surface area contributed by atoms with Gasteiger partial charge in [0, 0.05) is 30.4 Å². The molecule has 1 aliphatic rings.